The largest absolute Gasteiger partial charge is 0.477 e. The van der Waals surface area contributed by atoms with E-state index in [1.165, 1.54) is 6.07 Å². The molecule has 5 heteroatoms. The van der Waals surface area contributed by atoms with Gasteiger partial charge in [-0.15, -0.1) is 0 Å². The third-order valence-corrected chi connectivity index (χ3v) is 2.84. The van der Waals surface area contributed by atoms with Gasteiger partial charge in [-0.3, -0.25) is 0 Å². The predicted molar refractivity (Wildman–Crippen MR) is 70.6 cm³/mol. The van der Waals surface area contributed by atoms with E-state index in [4.69, 9.17) is 9.84 Å². The van der Waals surface area contributed by atoms with Crippen molar-refractivity contribution in [3.8, 4) is 0 Å². The number of nitrogens with zero attached hydrogens (tertiary/aromatic N) is 1. The number of para-hydroxylation sites is 1. The zero-order chi connectivity index (χ0) is 13.8. The SMILES string of the molecule is CCCCOC(=O)n1c(C(=O)O)cc2ccccc21. The Hall–Kier alpha value is -2.30. The van der Waals surface area contributed by atoms with Gasteiger partial charge in [0, 0.05) is 5.39 Å². The fourth-order valence-electron chi connectivity index (χ4n) is 1.88. The molecule has 100 valence electrons. The number of unbranched alkanes of at least 4 members (excludes halogenated alkanes) is 1. The summed E-state index contributed by atoms with van der Waals surface area (Å²) in [5.41, 5.74) is 0.462. The molecule has 0 bridgehead atoms. The van der Waals surface area contributed by atoms with Crippen LogP contribution in [0.5, 0.6) is 0 Å². The number of hydrogen-bond acceptors (Lipinski definition) is 3. The van der Waals surface area contributed by atoms with Gasteiger partial charge in [0.05, 0.1) is 12.1 Å². The van der Waals surface area contributed by atoms with Crippen molar-refractivity contribution in [2.24, 2.45) is 0 Å². The van der Waals surface area contributed by atoms with Gasteiger partial charge in [-0.2, -0.15) is 0 Å². The number of carboxylic acid groups (broad SMARTS) is 1. The number of carbonyl (C=O) groups excluding carboxylic acids is 1. The van der Waals surface area contributed by atoms with Gasteiger partial charge >= 0.3 is 12.1 Å². The lowest BCUT2D eigenvalue weighted by Gasteiger charge is -2.07. The van der Waals surface area contributed by atoms with Crippen LogP contribution in [0.3, 0.4) is 0 Å². The van der Waals surface area contributed by atoms with Crippen LogP contribution in [0.1, 0.15) is 30.3 Å². The number of aromatic nitrogens is 1. The van der Waals surface area contributed by atoms with Crippen LogP contribution in [0.15, 0.2) is 30.3 Å². The average molecular weight is 261 g/mol. The van der Waals surface area contributed by atoms with Gasteiger partial charge in [0.15, 0.2) is 0 Å². The molecule has 0 saturated carbocycles. The molecule has 0 fully saturated rings. The molecule has 0 radical (unpaired) electrons. The van der Waals surface area contributed by atoms with Crippen molar-refractivity contribution >= 4 is 23.0 Å². The second-order valence-corrected chi connectivity index (χ2v) is 4.20. The Labute approximate surface area is 110 Å². The van der Waals surface area contributed by atoms with Crippen LogP contribution in [-0.2, 0) is 4.74 Å². The summed E-state index contributed by atoms with van der Waals surface area (Å²) in [7, 11) is 0. The first-order chi connectivity index (χ1) is 9.15. The van der Waals surface area contributed by atoms with Gasteiger partial charge in [0.2, 0.25) is 0 Å². The molecule has 1 aromatic heterocycles. The van der Waals surface area contributed by atoms with E-state index in [1.807, 2.05) is 6.92 Å². The van der Waals surface area contributed by atoms with E-state index in [-0.39, 0.29) is 5.69 Å². The first kappa shape index (κ1) is 13.1. The monoisotopic (exact) mass is 261 g/mol. The summed E-state index contributed by atoms with van der Waals surface area (Å²) >= 11 is 0. The molecule has 0 unspecified atom stereocenters. The molecule has 1 heterocycles. The normalized spacial score (nSPS) is 10.6. The Morgan fingerprint density at radius 2 is 2.05 bits per heavy atom. The Balaban J connectivity index is 2.41. The Kier molecular flexibility index (Phi) is 3.85. The zero-order valence-electron chi connectivity index (χ0n) is 10.6. The molecule has 0 atom stereocenters. The first-order valence-corrected chi connectivity index (χ1v) is 6.16. The van der Waals surface area contributed by atoms with Crippen molar-refractivity contribution in [3.05, 3.63) is 36.0 Å². The first-order valence-electron chi connectivity index (χ1n) is 6.16. The molecule has 2 aromatic rings. The molecule has 0 aliphatic heterocycles. The van der Waals surface area contributed by atoms with Crippen LogP contribution in [-0.4, -0.2) is 28.3 Å². The minimum atomic E-state index is -1.15. The molecule has 2 rings (SSSR count). The molecule has 0 spiro atoms. The van der Waals surface area contributed by atoms with Crippen LogP contribution < -0.4 is 0 Å². The van der Waals surface area contributed by atoms with E-state index in [9.17, 15) is 9.59 Å². The number of hydrogen-bond donors (Lipinski definition) is 1. The lowest BCUT2D eigenvalue weighted by molar-refractivity contribution is 0.0681. The molecule has 5 nitrogen and oxygen atoms in total. The minimum absolute atomic E-state index is 0.0808. The van der Waals surface area contributed by atoms with Gasteiger partial charge in [-0.1, -0.05) is 31.5 Å². The Bertz CT molecular complexity index is 615. The summed E-state index contributed by atoms with van der Waals surface area (Å²) in [4.78, 5) is 23.2. The number of rotatable bonds is 4. The van der Waals surface area contributed by atoms with Crippen LogP contribution in [0.2, 0.25) is 0 Å². The van der Waals surface area contributed by atoms with Gasteiger partial charge in [-0.05, 0) is 18.6 Å². The quantitative estimate of drug-likeness (QED) is 0.858. The van der Waals surface area contributed by atoms with Gasteiger partial charge < -0.3 is 9.84 Å². The molecule has 0 amide bonds. The second-order valence-electron chi connectivity index (χ2n) is 4.20. The van der Waals surface area contributed by atoms with Crippen LogP contribution in [0.25, 0.3) is 10.9 Å². The predicted octanol–water partition coefficient (Wildman–Crippen LogP) is 3.12. The number of carbonyl (C=O) groups is 2. The summed E-state index contributed by atoms with van der Waals surface area (Å²) in [6, 6.07) is 8.48. The van der Waals surface area contributed by atoms with Gasteiger partial charge in [-0.25, -0.2) is 14.2 Å². The molecule has 0 saturated heterocycles. The highest BCUT2D eigenvalue weighted by atomic mass is 16.5. The molecule has 0 aliphatic rings. The molecule has 19 heavy (non-hydrogen) atoms. The van der Waals surface area contributed by atoms with Crippen molar-refractivity contribution in [3.63, 3.8) is 0 Å². The van der Waals surface area contributed by atoms with Crippen molar-refractivity contribution in [1.82, 2.24) is 4.57 Å². The third kappa shape index (κ3) is 2.59. The molecule has 1 N–H and O–H groups in total. The van der Waals surface area contributed by atoms with E-state index >= 15 is 0 Å². The maximum absolute atomic E-state index is 12.0. The summed E-state index contributed by atoms with van der Waals surface area (Å²) in [6.45, 7) is 2.28. The standard InChI is InChI=1S/C14H15NO4/c1-2-3-8-19-14(18)15-11-7-5-4-6-10(11)9-12(15)13(16)17/h4-7,9H,2-3,8H2,1H3,(H,16,17). The summed E-state index contributed by atoms with van der Waals surface area (Å²) in [6.07, 6.45) is 1.02. The second kappa shape index (κ2) is 5.56. The topological polar surface area (TPSA) is 68.5 Å². The highest BCUT2D eigenvalue weighted by molar-refractivity contribution is 6.00. The molecule has 0 aliphatic carbocycles. The van der Waals surface area contributed by atoms with E-state index in [0.29, 0.717) is 17.5 Å². The fraction of sp³-hybridized carbons (Fsp3) is 0.286. The van der Waals surface area contributed by atoms with Crippen LogP contribution >= 0.6 is 0 Å². The molecular formula is C14H15NO4. The van der Waals surface area contributed by atoms with Crippen molar-refractivity contribution in [2.45, 2.75) is 19.8 Å². The lowest BCUT2D eigenvalue weighted by atomic mass is 10.2. The Morgan fingerprint density at radius 3 is 2.74 bits per heavy atom. The minimum Gasteiger partial charge on any atom is -0.477 e. The van der Waals surface area contributed by atoms with E-state index in [0.717, 1.165) is 17.4 Å². The van der Waals surface area contributed by atoms with E-state index in [2.05, 4.69) is 0 Å². The van der Waals surface area contributed by atoms with Gasteiger partial charge in [0.1, 0.15) is 5.69 Å². The number of fused-ring (bicyclic) bond motifs is 1. The van der Waals surface area contributed by atoms with Crippen LogP contribution in [0, 0.1) is 0 Å². The molecular weight excluding hydrogens is 246 g/mol. The summed E-state index contributed by atoms with van der Waals surface area (Å²) in [5, 5.41) is 9.86. The maximum Gasteiger partial charge on any atom is 0.419 e. The fourth-order valence-corrected chi connectivity index (χ4v) is 1.88. The number of carboxylic acids is 1. The van der Waals surface area contributed by atoms with Crippen molar-refractivity contribution in [2.75, 3.05) is 6.61 Å². The highest BCUT2D eigenvalue weighted by Gasteiger charge is 2.20. The average Bonchev–Trinajstić information content (AvgIpc) is 2.78. The number of ether oxygens (including phenoxy) is 1. The van der Waals surface area contributed by atoms with E-state index < -0.39 is 12.1 Å². The smallest absolute Gasteiger partial charge is 0.419 e. The third-order valence-electron chi connectivity index (χ3n) is 2.84. The number of aromatic carboxylic acids is 1. The van der Waals surface area contributed by atoms with Crippen LogP contribution in [0.4, 0.5) is 4.79 Å². The van der Waals surface area contributed by atoms with Crippen molar-refractivity contribution in [1.29, 1.82) is 0 Å². The summed E-state index contributed by atoms with van der Waals surface area (Å²) < 4.78 is 6.19. The van der Waals surface area contributed by atoms with Gasteiger partial charge in [0.25, 0.3) is 0 Å². The van der Waals surface area contributed by atoms with E-state index in [1.54, 1.807) is 24.3 Å². The Morgan fingerprint density at radius 1 is 1.32 bits per heavy atom. The maximum atomic E-state index is 12.0. The lowest BCUT2D eigenvalue weighted by Crippen LogP contribution is -2.19. The number of benzene rings is 1. The summed E-state index contributed by atoms with van der Waals surface area (Å²) in [5.74, 6) is -1.15. The zero-order valence-corrected chi connectivity index (χ0v) is 10.6. The van der Waals surface area contributed by atoms with Crippen molar-refractivity contribution < 1.29 is 19.4 Å². The molecule has 1 aromatic carbocycles. The highest BCUT2D eigenvalue weighted by Crippen LogP contribution is 2.20.